The van der Waals surface area contributed by atoms with E-state index in [2.05, 4.69) is 0 Å². The van der Waals surface area contributed by atoms with Gasteiger partial charge < -0.3 is 9.64 Å². The molecule has 1 aromatic heterocycles. The highest BCUT2D eigenvalue weighted by atomic mass is 32.2. The fraction of sp³-hybridized carbons (Fsp3) is 0.353. The molecular weight excluding hydrogens is 342 g/mol. The van der Waals surface area contributed by atoms with Gasteiger partial charge in [0.2, 0.25) is 10.0 Å². The molecule has 0 bridgehead atoms. The molecule has 1 atom stereocenters. The second kappa shape index (κ2) is 7.81. The molecule has 1 N–H and O–H groups in total. The number of nitrogens with zero attached hydrogens (tertiary/aromatic N) is 2. The first-order chi connectivity index (χ1) is 11.7. The topological polar surface area (TPSA) is 73.1 Å². The molecule has 0 amide bonds. The average Bonchev–Trinajstić information content (AvgIpc) is 2.57. The monoisotopic (exact) mass is 366 g/mol. The number of pyridine rings is 1. The van der Waals surface area contributed by atoms with Crippen molar-refractivity contribution in [1.82, 2.24) is 8.87 Å². The van der Waals surface area contributed by atoms with Crippen molar-refractivity contribution in [2.45, 2.75) is 18.1 Å². The molecular formula is C17H24N3O4S+. The quantitative estimate of drug-likeness (QED) is 0.735. The zero-order chi connectivity index (χ0) is 18.6. The molecule has 136 valence electrons. The molecule has 8 heteroatoms. The third kappa shape index (κ3) is 4.68. The van der Waals surface area contributed by atoms with Crippen LogP contribution in [-0.4, -0.2) is 45.5 Å². The van der Waals surface area contributed by atoms with E-state index in [0.29, 0.717) is 13.2 Å². The normalized spacial score (nSPS) is 13.0. The van der Waals surface area contributed by atoms with E-state index in [1.165, 1.54) is 37.0 Å². The number of hydrogen-bond acceptors (Lipinski definition) is 4. The number of hydrogen-bond donors (Lipinski definition) is 1. The highest BCUT2D eigenvalue weighted by molar-refractivity contribution is 7.89. The molecule has 0 fully saturated rings. The molecule has 1 heterocycles. The van der Waals surface area contributed by atoms with E-state index in [4.69, 9.17) is 4.74 Å². The molecule has 0 aliphatic heterocycles. The van der Waals surface area contributed by atoms with Crippen LogP contribution in [-0.2, 0) is 23.2 Å². The lowest BCUT2D eigenvalue weighted by molar-refractivity contribution is -0.917. The van der Waals surface area contributed by atoms with Crippen molar-refractivity contribution in [1.29, 1.82) is 0 Å². The summed E-state index contributed by atoms with van der Waals surface area (Å²) in [5.41, 5.74) is 0.871. The predicted molar refractivity (Wildman–Crippen MR) is 95.2 cm³/mol. The van der Waals surface area contributed by atoms with Gasteiger partial charge in [-0.2, -0.15) is 0 Å². The van der Waals surface area contributed by atoms with Gasteiger partial charge in [-0.15, -0.1) is 0 Å². The number of rotatable bonds is 7. The van der Waals surface area contributed by atoms with Gasteiger partial charge in [0.1, 0.15) is 12.3 Å². The molecule has 25 heavy (non-hydrogen) atoms. The molecule has 0 aliphatic rings. The Morgan fingerprint density at radius 2 is 1.76 bits per heavy atom. The number of sulfonamides is 1. The largest absolute Gasteiger partial charge is 0.497 e. The number of benzene rings is 1. The van der Waals surface area contributed by atoms with Crippen LogP contribution in [0.15, 0.2) is 52.3 Å². The van der Waals surface area contributed by atoms with Crippen LogP contribution in [0.4, 0.5) is 0 Å². The van der Waals surface area contributed by atoms with Crippen molar-refractivity contribution in [2.75, 3.05) is 28.3 Å². The Balaban J connectivity index is 2.17. The van der Waals surface area contributed by atoms with Crippen LogP contribution in [0, 0.1) is 0 Å². The van der Waals surface area contributed by atoms with Gasteiger partial charge in [-0.1, -0.05) is 0 Å². The molecule has 0 aliphatic carbocycles. The fourth-order valence-electron chi connectivity index (χ4n) is 2.43. The minimum absolute atomic E-state index is 0.106. The molecule has 0 saturated carbocycles. The Kier molecular flexibility index (Phi) is 5.99. The molecule has 0 saturated heterocycles. The van der Waals surface area contributed by atoms with Crippen molar-refractivity contribution >= 4 is 10.0 Å². The minimum atomic E-state index is -3.57. The molecule has 2 rings (SSSR count). The van der Waals surface area contributed by atoms with E-state index in [9.17, 15) is 13.2 Å². The van der Waals surface area contributed by atoms with Gasteiger partial charge in [0, 0.05) is 31.9 Å². The van der Waals surface area contributed by atoms with E-state index in [1.807, 2.05) is 31.3 Å². The first kappa shape index (κ1) is 19.2. The summed E-state index contributed by atoms with van der Waals surface area (Å²) < 4.78 is 32.1. The Bertz CT molecular complexity index is 874. The summed E-state index contributed by atoms with van der Waals surface area (Å²) in [4.78, 5) is 13.2. The van der Waals surface area contributed by atoms with Crippen LogP contribution in [0.2, 0.25) is 0 Å². The third-order valence-electron chi connectivity index (χ3n) is 3.84. The molecule has 7 nitrogen and oxygen atoms in total. The molecule has 2 aromatic rings. The Hall–Kier alpha value is -2.16. The van der Waals surface area contributed by atoms with E-state index in [0.717, 1.165) is 20.5 Å². The molecule has 0 spiro atoms. The van der Waals surface area contributed by atoms with Crippen molar-refractivity contribution in [3.8, 4) is 5.75 Å². The maximum atomic E-state index is 12.2. The predicted octanol–water partition coefficient (Wildman–Crippen LogP) is -0.220. The summed E-state index contributed by atoms with van der Waals surface area (Å²) in [6.45, 7) is 1.06. The van der Waals surface area contributed by atoms with Crippen molar-refractivity contribution < 1.29 is 18.1 Å². The van der Waals surface area contributed by atoms with Gasteiger partial charge in [-0.3, -0.25) is 9.36 Å². The zero-order valence-corrected chi connectivity index (χ0v) is 15.7. The van der Waals surface area contributed by atoms with Crippen LogP contribution in [0.3, 0.4) is 0 Å². The maximum Gasteiger partial charge on any atom is 0.254 e. The van der Waals surface area contributed by atoms with Crippen LogP contribution >= 0.6 is 0 Å². The summed E-state index contributed by atoms with van der Waals surface area (Å²) in [5.74, 6) is 0.791. The van der Waals surface area contributed by atoms with Gasteiger partial charge in [-0.05, 0) is 30.3 Å². The van der Waals surface area contributed by atoms with Crippen molar-refractivity contribution in [3.63, 3.8) is 0 Å². The first-order valence-corrected chi connectivity index (χ1v) is 9.25. The highest BCUT2D eigenvalue weighted by Crippen LogP contribution is 2.11. The minimum Gasteiger partial charge on any atom is -0.497 e. The first-order valence-electron chi connectivity index (χ1n) is 7.81. The molecule has 1 aromatic carbocycles. The fourth-order valence-corrected chi connectivity index (χ4v) is 3.36. The van der Waals surface area contributed by atoms with Gasteiger partial charge in [0.15, 0.2) is 6.67 Å². The summed E-state index contributed by atoms with van der Waals surface area (Å²) in [7, 11) is 2.93. The van der Waals surface area contributed by atoms with Gasteiger partial charge in [-0.25, -0.2) is 12.7 Å². The van der Waals surface area contributed by atoms with E-state index in [1.54, 1.807) is 7.11 Å². The summed E-state index contributed by atoms with van der Waals surface area (Å²) in [6.07, 6.45) is 1.40. The van der Waals surface area contributed by atoms with Gasteiger partial charge >= 0.3 is 0 Å². The second-order valence-corrected chi connectivity index (χ2v) is 8.25. The smallest absolute Gasteiger partial charge is 0.254 e. The van der Waals surface area contributed by atoms with E-state index < -0.39 is 10.0 Å². The van der Waals surface area contributed by atoms with Crippen LogP contribution in [0.1, 0.15) is 5.56 Å². The summed E-state index contributed by atoms with van der Waals surface area (Å²) in [5, 5.41) is 0. The Morgan fingerprint density at radius 1 is 1.12 bits per heavy atom. The summed E-state index contributed by atoms with van der Waals surface area (Å²) >= 11 is 0. The lowest BCUT2D eigenvalue weighted by Crippen LogP contribution is -3.07. The van der Waals surface area contributed by atoms with Crippen LogP contribution < -0.4 is 15.2 Å². The lowest BCUT2D eigenvalue weighted by Gasteiger charge is -2.17. The molecule has 1 unspecified atom stereocenters. The highest BCUT2D eigenvalue weighted by Gasteiger charge is 2.18. The number of ether oxygens (including phenoxy) is 1. The number of nitrogens with one attached hydrogen (secondary N) is 1. The van der Waals surface area contributed by atoms with Crippen molar-refractivity contribution in [3.05, 3.63) is 58.5 Å². The Labute approximate surface area is 148 Å². The van der Waals surface area contributed by atoms with Crippen LogP contribution in [0.5, 0.6) is 5.75 Å². The van der Waals surface area contributed by atoms with Crippen LogP contribution in [0.25, 0.3) is 0 Å². The molecule has 0 radical (unpaired) electrons. The third-order valence-corrected chi connectivity index (χ3v) is 5.64. The summed E-state index contributed by atoms with van der Waals surface area (Å²) in [6, 6.07) is 10.3. The number of quaternary nitrogens is 1. The average molecular weight is 366 g/mol. The number of methoxy groups -OCH3 is 1. The van der Waals surface area contributed by atoms with Crippen molar-refractivity contribution in [2.24, 2.45) is 0 Å². The van der Waals surface area contributed by atoms with Gasteiger partial charge in [0.25, 0.3) is 5.56 Å². The SMILES string of the molecule is COc1ccc(C[NH+](C)Cn2cc(S(=O)(=O)N(C)C)ccc2=O)cc1. The number of aromatic nitrogens is 1. The van der Waals surface area contributed by atoms with Gasteiger partial charge in [0.05, 0.1) is 19.1 Å². The van der Waals surface area contributed by atoms with E-state index >= 15 is 0 Å². The Morgan fingerprint density at radius 3 is 2.32 bits per heavy atom. The lowest BCUT2D eigenvalue weighted by atomic mass is 10.2. The standard InChI is InChI=1S/C17H23N3O4S/c1-18(2)25(22,23)16-9-10-17(21)20(12-16)13-19(3)11-14-5-7-15(24-4)8-6-14/h5-10,12H,11,13H2,1-4H3/p+1. The zero-order valence-electron chi connectivity index (χ0n) is 14.9. The second-order valence-electron chi connectivity index (χ2n) is 6.10. The maximum absolute atomic E-state index is 12.2. The van der Waals surface area contributed by atoms with E-state index in [-0.39, 0.29) is 10.5 Å².